The number of hydrogen-bond acceptors (Lipinski definition) is 4. The molecule has 1 amide bonds. The Morgan fingerprint density at radius 2 is 1.78 bits per heavy atom. The third kappa shape index (κ3) is 5.64. The second-order valence-corrected chi connectivity index (χ2v) is 9.42. The van der Waals surface area contributed by atoms with Crippen molar-refractivity contribution in [2.75, 3.05) is 19.0 Å². The molecule has 0 spiro atoms. The van der Waals surface area contributed by atoms with E-state index in [0.717, 1.165) is 34.1 Å². The van der Waals surface area contributed by atoms with Crippen molar-refractivity contribution >= 4 is 33.2 Å². The summed E-state index contributed by atoms with van der Waals surface area (Å²) in [7, 11) is -2.65. The maximum absolute atomic E-state index is 13.3. The van der Waals surface area contributed by atoms with Crippen LogP contribution >= 0.6 is 11.6 Å². The largest absolute Gasteiger partial charge is 0.495 e. The summed E-state index contributed by atoms with van der Waals surface area (Å²) in [6.45, 7) is 1.23. The number of nitrogens with one attached hydrogen (secondary N) is 1. The number of halogens is 2. The van der Waals surface area contributed by atoms with Gasteiger partial charge in [-0.05, 0) is 60.5 Å². The SMILES string of the molecule is COc1ccc(C)cc1NC(=O)CN(Cc1ccccc1Cl)S(=O)(=O)c1ccc(F)cc1. The second kappa shape index (κ2) is 10.1. The summed E-state index contributed by atoms with van der Waals surface area (Å²) in [5, 5.41) is 3.07. The van der Waals surface area contributed by atoms with E-state index in [-0.39, 0.29) is 11.4 Å². The number of benzene rings is 3. The molecule has 0 bridgehead atoms. The van der Waals surface area contributed by atoms with Crippen LogP contribution in [0.15, 0.2) is 71.6 Å². The molecule has 0 atom stereocenters. The fraction of sp³-hybridized carbons (Fsp3) is 0.174. The Labute approximate surface area is 191 Å². The van der Waals surface area contributed by atoms with Crippen molar-refractivity contribution in [3.63, 3.8) is 0 Å². The van der Waals surface area contributed by atoms with Gasteiger partial charge in [0.15, 0.2) is 0 Å². The van der Waals surface area contributed by atoms with Crippen molar-refractivity contribution in [2.24, 2.45) is 0 Å². The van der Waals surface area contributed by atoms with Gasteiger partial charge in [0.1, 0.15) is 11.6 Å². The minimum atomic E-state index is -4.13. The Morgan fingerprint density at radius 3 is 2.44 bits per heavy atom. The molecule has 0 heterocycles. The maximum atomic E-state index is 13.3. The first kappa shape index (κ1) is 23.7. The molecule has 1 N–H and O–H groups in total. The predicted octanol–water partition coefficient (Wildman–Crippen LogP) is 4.63. The van der Waals surface area contributed by atoms with Gasteiger partial charge in [-0.15, -0.1) is 0 Å². The fourth-order valence-electron chi connectivity index (χ4n) is 3.07. The first-order valence-corrected chi connectivity index (χ1v) is 11.5. The fourth-order valence-corrected chi connectivity index (χ4v) is 4.64. The second-order valence-electron chi connectivity index (χ2n) is 7.07. The van der Waals surface area contributed by atoms with Gasteiger partial charge in [0.2, 0.25) is 15.9 Å². The predicted molar refractivity (Wildman–Crippen MR) is 122 cm³/mol. The van der Waals surface area contributed by atoms with Gasteiger partial charge in [-0.1, -0.05) is 35.9 Å². The average Bonchev–Trinajstić information content (AvgIpc) is 2.75. The van der Waals surface area contributed by atoms with Crippen molar-refractivity contribution in [2.45, 2.75) is 18.4 Å². The summed E-state index contributed by atoms with van der Waals surface area (Å²) < 4.78 is 46.2. The highest BCUT2D eigenvalue weighted by Gasteiger charge is 2.28. The minimum absolute atomic E-state index is 0.133. The molecule has 0 aromatic heterocycles. The number of sulfonamides is 1. The van der Waals surface area contributed by atoms with Crippen LogP contribution in [0, 0.1) is 12.7 Å². The van der Waals surface area contributed by atoms with Crippen molar-refractivity contribution in [1.29, 1.82) is 0 Å². The number of methoxy groups -OCH3 is 1. The number of carbonyl (C=O) groups excluding carboxylic acids is 1. The van der Waals surface area contributed by atoms with Gasteiger partial charge >= 0.3 is 0 Å². The molecule has 0 aliphatic rings. The summed E-state index contributed by atoms with van der Waals surface area (Å²) >= 11 is 6.22. The van der Waals surface area contributed by atoms with Crippen LogP contribution in [0.5, 0.6) is 5.75 Å². The molecule has 3 aromatic rings. The van der Waals surface area contributed by atoms with E-state index in [2.05, 4.69) is 5.32 Å². The van der Waals surface area contributed by atoms with Gasteiger partial charge in [-0.3, -0.25) is 4.79 Å². The number of aryl methyl sites for hydroxylation is 1. The molecule has 9 heteroatoms. The molecule has 168 valence electrons. The van der Waals surface area contributed by atoms with Crippen LogP contribution in [0.4, 0.5) is 10.1 Å². The molecule has 0 radical (unpaired) electrons. The first-order chi connectivity index (χ1) is 15.2. The van der Waals surface area contributed by atoms with Gasteiger partial charge < -0.3 is 10.1 Å². The Balaban J connectivity index is 1.92. The molecule has 0 fully saturated rings. The number of rotatable bonds is 8. The zero-order valence-electron chi connectivity index (χ0n) is 17.5. The minimum Gasteiger partial charge on any atom is -0.495 e. The summed E-state index contributed by atoms with van der Waals surface area (Å²) in [4.78, 5) is 12.7. The molecule has 6 nitrogen and oxygen atoms in total. The van der Waals surface area contributed by atoms with Crippen molar-refractivity contribution in [1.82, 2.24) is 4.31 Å². The van der Waals surface area contributed by atoms with Gasteiger partial charge in [-0.25, -0.2) is 12.8 Å². The molecule has 32 heavy (non-hydrogen) atoms. The highest BCUT2D eigenvalue weighted by Crippen LogP contribution is 2.26. The van der Waals surface area contributed by atoms with Gasteiger partial charge in [-0.2, -0.15) is 4.31 Å². The van der Waals surface area contributed by atoms with Crippen molar-refractivity contribution in [3.8, 4) is 5.75 Å². The van der Waals surface area contributed by atoms with Crippen LogP contribution in [0.1, 0.15) is 11.1 Å². The highest BCUT2D eigenvalue weighted by molar-refractivity contribution is 7.89. The van der Waals surface area contributed by atoms with E-state index >= 15 is 0 Å². The molecule has 0 aliphatic carbocycles. The van der Waals surface area contributed by atoms with Crippen molar-refractivity contribution < 1.29 is 22.3 Å². The van der Waals surface area contributed by atoms with E-state index in [1.165, 1.54) is 7.11 Å². The summed E-state index contributed by atoms with van der Waals surface area (Å²) in [5.74, 6) is -0.680. The summed E-state index contributed by atoms with van der Waals surface area (Å²) in [6, 6.07) is 16.5. The van der Waals surface area contributed by atoms with Crippen molar-refractivity contribution in [3.05, 3.63) is 88.7 Å². The summed E-state index contributed by atoms with van der Waals surface area (Å²) in [5.41, 5.74) is 1.85. The van der Waals surface area contributed by atoms with E-state index < -0.39 is 28.3 Å². The van der Waals surface area contributed by atoms with Crippen LogP contribution in [-0.4, -0.2) is 32.3 Å². The quantitative estimate of drug-likeness (QED) is 0.514. The Morgan fingerprint density at radius 1 is 1.09 bits per heavy atom. The number of hydrogen-bond donors (Lipinski definition) is 1. The van der Waals surface area contributed by atoms with Crippen LogP contribution in [0.25, 0.3) is 0 Å². The number of anilines is 1. The normalized spacial score (nSPS) is 11.4. The molecular weight excluding hydrogens is 455 g/mol. The number of nitrogens with zero attached hydrogens (tertiary/aromatic N) is 1. The standard InChI is InChI=1S/C23H22ClFN2O4S/c1-16-7-12-22(31-2)21(13-16)26-23(28)15-27(14-17-5-3-4-6-20(17)24)32(29,30)19-10-8-18(25)9-11-19/h3-13H,14-15H2,1-2H3,(H,26,28). The molecule has 0 saturated carbocycles. The molecule has 3 rings (SSSR count). The van der Waals surface area contributed by atoms with E-state index in [1.54, 1.807) is 36.4 Å². The van der Waals surface area contributed by atoms with E-state index in [1.807, 2.05) is 13.0 Å². The van der Waals surface area contributed by atoms with Crippen LogP contribution < -0.4 is 10.1 Å². The number of amides is 1. The highest BCUT2D eigenvalue weighted by atomic mass is 35.5. The Kier molecular flexibility index (Phi) is 7.50. The lowest BCUT2D eigenvalue weighted by Gasteiger charge is -2.23. The zero-order chi connectivity index (χ0) is 23.3. The Hall–Kier alpha value is -2.94. The third-order valence-corrected chi connectivity index (χ3v) is 6.88. The van der Waals surface area contributed by atoms with Gasteiger partial charge in [0.25, 0.3) is 0 Å². The third-order valence-electron chi connectivity index (χ3n) is 4.70. The zero-order valence-corrected chi connectivity index (χ0v) is 19.1. The monoisotopic (exact) mass is 476 g/mol. The van der Waals surface area contributed by atoms with Gasteiger partial charge in [0.05, 0.1) is 24.2 Å². The molecular formula is C23H22ClFN2O4S. The van der Waals surface area contributed by atoms with Crippen LogP contribution in [0.3, 0.4) is 0 Å². The molecule has 0 unspecified atom stereocenters. The van der Waals surface area contributed by atoms with E-state index in [0.29, 0.717) is 22.0 Å². The summed E-state index contributed by atoms with van der Waals surface area (Å²) in [6.07, 6.45) is 0. The number of ether oxygens (including phenoxy) is 1. The Bertz CT molecular complexity index is 1220. The molecule has 0 saturated heterocycles. The topological polar surface area (TPSA) is 75.7 Å². The smallest absolute Gasteiger partial charge is 0.243 e. The van der Waals surface area contributed by atoms with Crippen LogP contribution in [-0.2, 0) is 21.4 Å². The molecule has 3 aromatic carbocycles. The van der Waals surface area contributed by atoms with E-state index in [4.69, 9.17) is 16.3 Å². The lowest BCUT2D eigenvalue weighted by atomic mass is 10.2. The van der Waals surface area contributed by atoms with E-state index in [9.17, 15) is 17.6 Å². The maximum Gasteiger partial charge on any atom is 0.243 e. The van der Waals surface area contributed by atoms with Crippen LogP contribution in [0.2, 0.25) is 5.02 Å². The average molecular weight is 477 g/mol. The number of carbonyl (C=O) groups is 1. The first-order valence-electron chi connectivity index (χ1n) is 9.64. The molecule has 0 aliphatic heterocycles. The van der Waals surface area contributed by atoms with Gasteiger partial charge in [0, 0.05) is 11.6 Å². The lowest BCUT2D eigenvalue weighted by Crippen LogP contribution is -2.37. The lowest BCUT2D eigenvalue weighted by molar-refractivity contribution is -0.116.